The third-order valence-electron chi connectivity index (χ3n) is 6.18. The molecule has 0 aromatic carbocycles. The number of likely N-dealkylation sites (tertiary alicyclic amines) is 2. The Hall–Kier alpha value is -3.53. The van der Waals surface area contributed by atoms with Crippen molar-refractivity contribution in [1.29, 1.82) is 0 Å². The number of amides is 3. The van der Waals surface area contributed by atoms with Crippen molar-refractivity contribution in [2.24, 2.45) is 5.73 Å². The summed E-state index contributed by atoms with van der Waals surface area (Å²) in [4.78, 5) is 62.4. The summed E-state index contributed by atoms with van der Waals surface area (Å²) in [5, 5.41) is 16.4. The molecule has 16 heteroatoms. The van der Waals surface area contributed by atoms with E-state index >= 15 is 0 Å². The minimum absolute atomic E-state index is 0.0915. The molecular formula is C22H25F3N4O8S. The number of carboxylic acid groups (broad SMARTS) is 2. The molecule has 4 aliphatic rings. The molecule has 0 aromatic heterocycles. The average molecular weight is 563 g/mol. The quantitative estimate of drug-likeness (QED) is 0.247. The fourth-order valence-corrected chi connectivity index (χ4v) is 5.61. The van der Waals surface area contributed by atoms with E-state index in [1.807, 2.05) is 0 Å². The first-order valence-electron chi connectivity index (χ1n) is 11.3. The highest BCUT2D eigenvalue weighted by atomic mass is 32.2. The monoisotopic (exact) mass is 562 g/mol. The third kappa shape index (κ3) is 5.96. The van der Waals surface area contributed by atoms with Crippen LogP contribution in [0.3, 0.4) is 0 Å². The van der Waals surface area contributed by atoms with Gasteiger partial charge in [-0.1, -0.05) is 12.7 Å². The molecule has 4 heterocycles. The van der Waals surface area contributed by atoms with Crippen molar-refractivity contribution in [2.45, 2.75) is 36.5 Å². The molecule has 3 saturated heterocycles. The first-order chi connectivity index (χ1) is 17.8. The number of rotatable bonds is 5. The first-order valence-corrected chi connectivity index (χ1v) is 12.3. The van der Waals surface area contributed by atoms with Crippen molar-refractivity contribution < 1.29 is 52.1 Å². The van der Waals surface area contributed by atoms with Gasteiger partial charge in [0.1, 0.15) is 23.7 Å². The first kappa shape index (κ1) is 29.0. The number of hydrogen-bond acceptors (Lipinski definition) is 8. The number of nitrogens with two attached hydrogens (primary N) is 1. The largest absolute Gasteiger partial charge is 0.490 e. The van der Waals surface area contributed by atoms with Crippen molar-refractivity contribution in [3.05, 3.63) is 35.6 Å². The van der Waals surface area contributed by atoms with E-state index in [0.29, 0.717) is 49.4 Å². The normalized spacial score (nSPS) is 26.1. The second-order valence-electron chi connectivity index (χ2n) is 8.59. The van der Waals surface area contributed by atoms with Gasteiger partial charge >= 0.3 is 24.2 Å². The Morgan fingerprint density at radius 2 is 1.87 bits per heavy atom. The van der Waals surface area contributed by atoms with Gasteiger partial charge in [-0.15, -0.1) is 11.8 Å². The Kier molecular flexibility index (Phi) is 8.76. The zero-order chi connectivity index (χ0) is 28.4. The summed E-state index contributed by atoms with van der Waals surface area (Å²) >= 11 is 1.40. The summed E-state index contributed by atoms with van der Waals surface area (Å²) in [5.41, 5.74) is 6.64. The highest BCUT2D eigenvalue weighted by molar-refractivity contribution is 8.00. The van der Waals surface area contributed by atoms with Gasteiger partial charge in [-0.3, -0.25) is 14.5 Å². The molecule has 0 aliphatic carbocycles. The fourth-order valence-electron chi connectivity index (χ4n) is 4.36. The lowest BCUT2D eigenvalue weighted by Gasteiger charge is -2.47. The maximum atomic E-state index is 13.0. The average Bonchev–Trinajstić information content (AvgIpc) is 3.48. The van der Waals surface area contributed by atoms with Crippen LogP contribution < -0.4 is 5.73 Å². The van der Waals surface area contributed by atoms with Crippen LogP contribution in [0.15, 0.2) is 35.6 Å². The molecule has 3 fully saturated rings. The molecule has 38 heavy (non-hydrogen) atoms. The summed E-state index contributed by atoms with van der Waals surface area (Å²) in [6.07, 6.45) is -1.26. The lowest BCUT2D eigenvalue weighted by Crippen LogP contribution is -2.68. The Morgan fingerprint density at radius 3 is 2.45 bits per heavy atom. The topological polar surface area (TPSA) is 171 Å². The summed E-state index contributed by atoms with van der Waals surface area (Å²) in [6, 6.07) is -0.802. The molecule has 0 bridgehead atoms. The van der Waals surface area contributed by atoms with E-state index in [4.69, 9.17) is 20.4 Å². The number of alkyl halides is 3. The van der Waals surface area contributed by atoms with Gasteiger partial charge in [0, 0.05) is 31.0 Å². The lowest BCUT2D eigenvalue weighted by atomic mass is 10.0. The molecule has 0 radical (unpaired) electrons. The van der Waals surface area contributed by atoms with Gasteiger partial charge in [0.25, 0.3) is 0 Å². The van der Waals surface area contributed by atoms with Crippen molar-refractivity contribution >= 4 is 41.6 Å². The Balaban J connectivity index is 0.000000505. The molecule has 0 aromatic rings. The van der Waals surface area contributed by atoms with Gasteiger partial charge in [0.05, 0.1) is 6.04 Å². The summed E-state index contributed by atoms with van der Waals surface area (Å²) < 4.78 is 36.8. The fraction of sp³-hybridized carbons (Fsp3) is 0.500. The smallest absolute Gasteiger partial charge is 0.477 e. The standard InChI is InChI=1S/C20H24N4O6S.C2HF3O2/c1-2-7-30-20(29)22-5-4-13(9-22)23-6-3-11(16(23)25)8-12-10-31-18-14(21)17(26)24(18)15(12)19(27)28;3-2(4,5)1(6)7/h2,8,13-14,18H,1,3-7,9-10,21H2,(H,27,28);(H,6,7)/t13-,14-,18-;/m1./s1. The number of carboxylic acids is 2. The van der Waals surface area contributed by atoms with Crippen molar-refractivity contribution in [3.8, 4) is 0 Å². The van der Waals surface area contributed by atoms with Gasteiger partial charge < -0.3 is 30.5 Å². The van der Waals surface area contributed by atoms with Crippen molar-refractivity contribution in [3.63, 3.8) is 0 Å². The molecule has 0 unspecified atom stereocenters. The van der Waals surface area contributed by atoms with E-state index in [0.717, 1.165) is 0 Å². The molecule has 3 amide bonds. The SMILES string of the molecule is C=CCOC(=O)N1CC[C@@H](N2CCC(=CC3=C(C(=O)O)N4C(=O)[C@@H](N)[C@H]4SC3)C2=O)C1.O=C(O)C(F)(F)F. The zero-order valence-electron chi connectivity index (χ0n) is 19.8. The van der Waals surface area contributed by atoms with Crippen LogP contribution in [0.25, 0.3) is 0 Å². The number of nitrogens with zero attached hydrogens (tertiary/aromatic N) is 3. The Labute approximate surface area is 218 Å². The maximum absolute atomic E-state index is 13.0. The molecule has 0 spiro atoms. The molecular weight excluding hydrogens is 537 g/mol. The number of halogens is 3. The van der Waals surface area contributed by atoms with Crippen LogP contribution in [-0.2, 0) is 23.9 Å². The van der Waals surface area contributed by atoms with E-state index in [-0.39, 0.29) is 29.6 Å². The highest BCUT2D eigenvalue weighted by Crippen LogP contribution is 2.40. The number of carbonyl (C=O) groups excluding carboxylic acids is 3. The Bertz CT molecular complexity index is 1110. The van der Waals surface area contributed by atoms with Crippen LogP contribution in [-0.4, -0.2) is 110 Å². The van der Waals surface area contributed by atoms with E-state index in [1.54, 1.807) is 15.9 Å². The molecule has 4 N–H and O–H groups in total. The van der Waals surface area contributed by atoms with E-state index in [1.165, 1.54) is 22.7 Å². The number of aliphatic carboxylic acids is 2. The van der Waals surface area contributed by atoms with Gasteiger partial charge in [-0.05, 0) is 24.5 Å². The van der Waals surface area contributed by atoms with Crippen LogP contribution in [0.4, 0.5) is 18.0 Å². The number of allylic oxidation sites excluding steroid dienone is 1. The van der Waals surface area contributed by atoms with Gasteiger partial charge in [-0.2, -0.15) is 13.2 Å². The number of hydrogen-bond donors (Lipinski definition) is 3. The van der Waals surface area contributed by atoms with Crippen molar-refractivity contribution in [1.82, 2.24) is 14.7 Å². The summed E-state index contributed by atoms with van der Waals surface area (Å²) in [5.74, 6) is -4.18. The van der Waals surface area contributed by atoms with Crippen LogP contribution in [0, 0.1) is 0 Å². The maximum Gasteiger partial charge on any atom is 0.490 e. The molecule has 3 atom stereocenters. The molecule has 208 valence electrons. The van der Waals surface area contributed by atoms with Gasteiger partial charge in [0.2, 0.25) is 11.8 Å². The van der Waals surface area contributed by atoms with Crippen LogP contribution in [0.5, 0.6) is 0 Å². The van der Waals surface area contributed by atoms with Crippen LogP contribution in [0.2, 0.25) is 0 Å². The Morgan fingerprint density at radius 1 is 1.21 bits per heavy atom. The second kappa shape index (κ2) is 11.5. The second-order valence-corrected chi connectivity index (χ2v) is 9.69. The highest BCUT2D eigenvalue weighted by Gasteiger charge is 2.51. The van der Waals surface area contributed by atoms with E-state index in [2.05, 4.69) is 6.58 Å². The summed E-state index contributed by atoms with van der Waals surface area (Å²) in [6.45, 7) is 5.06. The predicted octanol–water partition coefficient (Wildman–Crippen LogP) is 0.756. The molecule has 4 aliphatic heterocycles. The number of β-lactam (4-membered cyclic amide) rings is 1. The minimum atomic E-state index is -5.08. The van der Waals surface area contributed by atoms with Crippen molar-refractivity contribution in [2.75, 3.05) is 32.0 Å². The lowest BCUT2D eigenvalue weighted by molar-refractivity contribution is -0.192. The van der Waals surface area contributed by atoms with Crippen LogP contribution in [0.1, 0.15) is 12.8 Å². The van der Waals surface area contributed by atoms with E-state index < -0.39 is 36.2 Å². The third-order valence-corrected chi connectivity index (χ3v) is 7.50. The summed E-state index contributed by atoms with van der Waals surface area (Å²) in [7, 11) is 0. The van der Waals surface area contributed by atoms with Gasteiger partial charge in [0.15, 0.2) is 0 Å². The zero-order valence-corrected chi connectivity index (χ0v) is 20.7. The molecule has 4 rings (SSSR count). The van der Waals surface area contributed by atoms with E-state index in [9.17, 15) is 37.5 Å². The predicted molar refractivity (Wildman–Crippen MR) is 125 cm³/mol. The van der Waals surface area contributed by atoms with Gasteiger partial charge in [-0.25, -0.2) is 14.4 Å². The number of fused-ring (bicyclic) bond motifs is 1. The minimum Gasteiger partial charge on any atom is -0.477 e. The number of thioether (sulfide) groups is 1. The number of ether oxygens (including phenoxy) is 1. The molecule has 0 saturated carbocycles. The molecule has 12 nitrogen and oxygen atoms in total. The number of carbonyl (C=O) groups is 5. The van der Waals surface area contributed by atoms with Crippen LogP contribution >= 0.6 is 11.8 Å².